The van der Waals surface area contributed by atoms with Crippen molar-refractivity contribution in [1.29, 1.82) is 0 Å². The highest BCUT2D eigenvalue weighted by molar-refractivity contribution is 5.70. The molecule has 1 aromatic rings. The van der Waals surface area contributed by atoms with E-state index in [9.17, 15) is 4.79 Å². The molecule has 0 bridgehead atoms. The van der Waals surface area contributed by atoms with E-state index in [1.54, 1.807) is 6.07 Å². The van der Waals surface area contributed by atoms with Gasteiger partial charge in [-0.2, -0.15) is 0 Å². The van der Waals surface area contributed by atoms with Crippen molar-refractivity contribution in [2.24, 2.45) is 0 Å². The molecule has 0 fully saturated rings. The van der Waals surface area contributed by atoms with Crippen LogP contribution in [0.2, 0.25) is 0 Å². The van der Waals surface area contributed by atoms with E-state index in [0.717, 1.165) is 22.4 Å². The van der Waals surface area contributed by atoms with Gasteiger partial charge in [-0.05, 0) is 37.1 Å². The lowest BCUT2D eigenvalue weighted by atomic mass is 10.0. The molecule has 0 amide bonds. The molecule has 0 spiro atoms. The van der Waals surface area contributed by atoms with Gasteiger partial charge in [-0.3, -0.25) is 4.79 Å². The Kier molecular flexibility index (Phi) is 3.35. The van der Waals surface area contributed by atoms with Gasteiger partial charge in [-0.15, -0.1) is 0 Å². The maximum absolute atomic E-state index is 10.3. The van der Waals surface area contributed by atoms with Crippen LogP contribution in [0.15, 0.2) is 12.1 Å². The molecule has 3 heteroatoms. The van der Waals surface area contributed by atoms with Crippen LogP contribution in [0.25, 0.3) is 0 Å². The second-order valence-corrected chi connectivity index (χ2v) is 3.32. The van der Waals surface area contributed by atoms with Crippen LogP contribution in [0.5, 0.6) is 0 Å². The second-order valence-electron chi connectivity index (χ2n) is 3.32. The number of aliphatic carboxylic acids is 1. The standard InChI is InChI=1S/C12H13NO2/c1-8-9(2)11(13)7-6-10(8)4-3-5-12(14)15/h6-7H,5,13H2,1-2H3,(H,14,15). The molecule has 15 heavy (non-hydrogen) atoms. The molecule has 0 unspecified atom stereocenters. The zero-order valence-corrected chi connectivity index (χ0v) is 8.79. The second kappa shape index (κ2) is 4.52. The average molecular weight is 203 g/mol. The fourth-order valence-electron chi connectivity index (χ4n) is 1.19. The minimum atomic E-state index is -0.910. The summed E-state index contributed by atoms with van der Waals surface area (Å²) in [5.41, 5.74) is 9.30. The molecule has 0 heterocycles. The fraction of sp³-hybridized carbons (Fsp3) is 0.250. The minimum absolute atomic E-state index is 0.136. The Morgan fingerprint density at radius 1 is 1.40 bits per heavy atom. The van der Waals surface area contributed by atoms with E-state index >= 15 is 0 Å². The molecule has 0 radical (unpaired) electrons. The van der Waals surface area contributed by atoms with Crippen molar-refractivity contribution >= 4 is 11.7 Å². The van der Waals surface area contributed by atoms with Crippen LogP contribution < -0.4 is 5.73 Å². The van der Waals surface area contributed by atoms with Crippen molar-refractivity contribution in [1.82, 2.24) is 0 Å². The molecule has 0 atom stereocenters. The maximum atomic E-state index is 10.3. The van der Waals surface area contributed by atoms with Gasteiger partial charge in [0.25, 0.3) is 0 Å². The molecular formula is C12H13NO2. The third-order valence-electron chi connectivity index (χ3n) is 2.29. The Balaban J connectivity index is 3.00. The Labute approximate surface area is 88.9 Å². The summed E-state index contributed by atoms with van der Waals surface area (Å²) in [4.78, 5) is 10.3. The van der Waals surface area contributed by atoms with E-state index in [1.807, 2.05) is 19.9 Å². The van der Waals surface area contributed by atoms with E-state index in [0.29, 0.717) is 0 Å². The number of nitrogen functional groups attached to an aromatic ring is 1. The molecule has 0 aliphatic heterocycles. The Bertz CT molecular complexity index is 453. The Morgan fingerprint density at radius 3 is 2.67 bits per heavy atom. The molecule has 0 aromatic heterocycles. The Morgan fingerprint density at radius 2 is 2.07 bits per heavy atom. The van der Waals surface area contributed by atoms with Gasteiger partial charge in [0.2, 0.25) is 0 Å². The van der Waals surface area contributed by atoms with Gasteiger partial charge in [0, 0.05) is 11.3 Å². The van der Waals surface area contributed by atoms with Crippen LogP contribution in [-0.2, 0) is 4.79 Å². The van der Waals surface area contributed by atoms with E-state index in [2.05, 4.69) is 11.8 Å². The average Bonchev–Trinajstić information content (AvgIpc) is 2.18. The first-order chi connectivity index (χ1) is 7.02. The maximum Gasteiger partial charge on any atom is 0.315 e. The van der Waals surface area contributed by atoms with Crippen LogP contribution in [0.1, 0.15) is 23.1 Å². The first kappa shape index (κ1) is 11.1. The minimum Gasteiger partial charge on any atom is -0.481 e. The van der Waals surface area contributed by atoms with E-state index in [-0.39, 0.29) is 6.42 Å². The highest BCUT2D eigenvalue weighted by Gasteiger charge is 2.01. The number of hydrogen-bond donors (Lipinski definition) is 2. The topological polar surface area (TPSA) is 63.3 Å². The lowest BCUT2D eigenvalue weighted by Crippen LogP contribution is -1.95. The molecule has 1 rings (SSSR count). The van der Waals surface area contributed by atoms with Crippen LogP contribution in [-0.4, -0.2) is 11.1 Å². The largest absolute Gasteiger partial charge is 0.481 e. The monoisotopic (exact) mass is 203 g/mol. The number of nitrogens with two attached hydrogens (primary N) is 1. The quantitative estimate of drug-likeness (QED) is 0.539. The van der Waals surface area contributed by atoms with Gasteiger partial charge >= 0.3 is 5.97 Å². The van der Waals surface area contributed by atoms with E-state index < -0.39 is 5.97 Å². The number of carbonyl (C=O) groups is 1. The zero-order chi connectivity index (χ0) is 11.4. The predicted octanol–water partition coefficient (Wildman–Crippen LogP) is 1.71. The van der Waals surface area contributed by atoms with Gasteiger partial charge in [-0.25, -0.2) is 0 Å². The van der Waals surface area contributed by atoms with Crippen LogP contribution in [0.3, 0.4) is 0 Å². The summed E-state index contributed by atoms with van der Waals surface area (Å²) in [5.74, 6) is 4.51. The molecule has 0 aliphatic rings. The summed E-state index contributed by atoms with van der Waals surface area (Å²) < 4.78 is 0. The molecule has 0 saturated carbocycles. The molecule has 78 valence electrons. The van der Waals surface area contributed by atoms with Gasteiger partial charge in [0.15, 0.2) is 0 Å². The number of rotatable bonds is 1. The summed E-state index contributed by atoms with van der Waals surface area (Å²) in [6, 6.07) is 3.60. The first-order valence-corrected chi connectivity index (χ1v) is 4.58. The highest BCUT2D eigenvalue weighted by atomic mass is 16.4. The summed E-state index contributed by atoms with van der Waals surface area (Å²) in [5, 5.41) is 8.44. The van der Waals surface area contributed by atoms with E-state index in [4.69, 9.17) is 10.8 Å². The van der Waals surface area contributed by atoms with Crippen molar-refractivity contribution in [3.05, 3.63) is 28.8 Å². The third-order valence-corrected chi connectivity index (χ3v) is 2.29. The molecule has 3 N–H and O–H groups in total. The van der Waals surface area contributed by atoms with Crippen LogP contribution >= 0.6 is 0 Å². The Hall–Kier alpha value is -1.95. The number of carboxylic acid groups (broad SMARTS) is 1. The highest BCUT2D eigenvalue weighted by Crippen LogP contribution is 2.18. The number of carboxylic acids is 1. The summed E-state index contributed by atoms with van der Waals surface area (Å²) in [7, 11) is 0. The zero-order valence-electron chi connectivity index (χ0n) is 8.79. The van der Waals surface area contributed by atoms with Crippen molar-refractivity contribution in [2.45, 2.75) is 20.3 Å². The van der Waals surface area contributed by atoms with Gasteiger partial charge in [-0.1, -0.05) is 11.8 Å². The third kappa shape index (κ3) is 2.75. The molecule has 1 aromatic carbocycles. The predicted molar refractivity (Wildman–Crippen MR) is 59.5 cm³/mol. The number of anilines is 1. The first-order valence-electron chi connectivity index (χ1n) is 4.58. The van der Waals surface area contributed by atoms with Gasteiger partial charge < -0.3 is 10.8 Å². The fourth-order valence-corrected chi connectivity index (χ4v) is 1.19. The summed E-state index contributed by atoms with van der Waals surface area (Å²) >= 11 is 0. The lowest BCUT2D eigenvalue weighted by molar-refractivity contribution is -0.135. The number of benzene rings is 1. The van der Waals surface area contributed by atoms with Crippen molar-refractivity contribution < 1.29 is 9.90 Å². The van der Waals surface area contributed by atoms with Gasteiger partial charge in [0.1, 0.15) is 6.42 Å². The van der Waals surface area contributed by atoms with Crippen LogP contribution in [0, 0.1) is 25.7 Å². The normalized spacial score (nSPS) is 9.20. The van der Waals surface area contributed by atoms with Gasteiger partial charge in [0.05, 0.1) is 0 Å². The summed E-state index contributed by atoms with van der Waals surface area (Å²) in [6.07, 6.45) is -0.136. The lowest BCUT2D eigenvalue weighted by Gasteiger charge is -2.05. The van der Waals surface area contributed by atoms with Crippen molar-refractivity contribution in [3.63, 3.8) is 0 Å². The molecular weight excluding hydrogens is 190 g/mol. The SMILES string of the molecule is Cc1c(N)ccc(C#CCC(=O)O)c1C. The van der Waals surface area contributed by atoms with E-state index in [1.165, 1.54) is 0 Å². The molecule has 0 aliphatic carbocycles. The van der Waals surface area contributed by atoms with Crippen LogP contribution in [0.4, 0.5) is 5.69 Å². The number of hydrogen-bond acceptors (Lipinski definition) is 2. The molecule has 0 saturated heterocycles. The summed E-state index contributed by atoms with van der Waals surface area (Å²) in [6.45, 7) is 3.85. The molecule has 3 nitrogen and oxygen atoms in total. The van der Waals surface area contributed by atoms with Crippen molar-refractivity contribution in [2.75, 3.05) is 5.73 Å². The smallest absolute Gasteiger partial charge is 0.315 e. The van der Waals surface area contributed by atoms with Crippen molar-refractivity contribution in [3.8, 4) is 11.8 Å².